The first kappa shape index (κ1) is 15.6. The summed E-state index contributed by atoms with van der Waals surface area (Å²) in [6.45, 7) is 1.77. The molecule has 0 saturated carbocycles. The fourth-order valence-corrected chi connectivity index (χ4v) is 2.98. The summed E-state index contributed by atoms with van der Waals surface area (Å²) >= 11 is 0. The van der Waals surface area contributed by atoms with Crippen LogP contribution in [-0.2, 0) is 28.8 Å². The standard InChI is InChI=1S/C13H17N3O4S/c1-10-15-13(16-20-10)5-6-14-21(18,19)9-12-4-2-3-11(7-12)8-17/h2-4,7,14,17H,5-6,8-9H2,1H3. The van der Waals surface area contributed by atoms with Crippen LogP contribution in [0.3, 0.4) is 0 Å². The van der Waals surface area contributed by atoms with E-state index in [2.05, 4.69) is 14.9 Å². The first-order valence-corrected chi connectivity index (χ1v) is 8.09. The maximum Gasteiger partial charge on any atom is 0.223 e. The fourth-order valence-electron chi connectivity index (χ4n) is 1.85. The van der Waals surface area contributed by atoms with Gasteiger partial charge in [-0.1, -0.05) is 29.4 Å². The first-order chi connectivity index (χ1) is 9.98. The van der Waals surface area contributed by atoms with Crippen molar-refractivity contribution in [3.8, 4) is 0 Å². The number of rotatable bonds is 7. The summed E-state index contributed by atoms with van der Waals surface area (Å²) in [6, 6.07) is 6.84. The van der Waals surface area contributed by atoms with Crippen LogP contribution in [0.5, 0.6) is 0 Å². The first-order valence-electron chi connectivity index (χ1n) is 6.44. The van der Waals surface area contributed by atoms with Crippen LogP contribution < -0.4 is 4.72 Å². The lowest BCUT2D eigenvalue weighted by Crippen LogP contribution is -2.27. The fraction of sp³-hybridized carbons (Fsp3) is 0.385. The monoisotopic (exact) mass is 311 g/mol. The summed E-state index contributed by atoms with van der Waals surface area (Å²) in [4.78, 5) is 4.00. The van der Waals surface area contributed by atoms with Crippen molar-refractivity contribution in [2.24, 2.45) is 0 Å². The van der Waals surface area contributed by atoms with E-state index in [1.165, 1.54) is 0 Å². The summed E-state index contributed by atoms with van der Waals surface area (Å²) in [7, 11) is -3.44. The molecule has 8 heteroatoms. The number of aliphatic hydroxyl groups excluding tert-OH is 1. The van der Waals surface area contributed by atoms with Crippen LogP contribution in [0.2, 0.25) is 0 Å². The van der Waals surface area contributed by atoms with Gasteiger partial charge in [0.25, 0.3) is 0 Å². The summed E-state index contributed by atoms with van der Waals surface area (Å²) in [6.07, 6.45) is 0.368. The largest absolute Gasteiger partial charge is 0.392 e. The lowest BCUT2D eigenvalue weighted by molar-refractivity contribution is 0.282. The van der Waals surface area contributed by atoms with Crippen molar-refractivity contribution in [3.63, 3.8) is 0 Å². The molecular formula is C13H17N3O4S. The molecule has 0 spiro atoms. The molecule has 7 nitrogen and oxygen atoms in total. The lowest BCUT2D eigenvalue weighted by atomic mass is 10.1. The second-order valence-corrected chi connectivity index (χ2v) is 6.42. The van der Waals surface area contributed by atoms with Crippen LogP contribution in [0, 0.1) is 6.92 Å². The molecule has 1 heterocycles. The van der Waals surface area contributed by atoms with E-state index in [9.17, 15) is 8.42 Å². The minimum atomic E-state index is -3.44. The van der Waals surface area contributed by atoms with Crippen molar-refractivity contribution in [1.82, 2.24) is 14.9 Å². The van der Waals surface area contributed by atoms with Crippen molar-refractivity contribution < 1.29 is 18.0 Å². The highest BCUT2D eigenvalue weighted by molar-refractivity contribution is 7.88. The summed E-state index contributed by atoms with van der Waals surface area (Å²) < 4.78 is 31.2. The normalized spacial score (nSPS) is 11.7. The van der Waals surface area contributed by atoms with Crippen LogP contribution in [0.4, 0.5) is 0 Å². The molecule has 0 aliphatic heterocycles. The Bertz CT molecular complexity index is 697. The Morgan fingerprint density at radius 2 is 2.10 bits per heavy atom. The number of sulfonamides is 1. The molecule has 0 bridgehead atoms. The highest BCUT2D eigenvalue weighted by Crippen LogP contribution is 2.08. The van der Waals surface area contributed by atoms with Gasteiger partial charge in [0.15, 0.2) is 5.82 Å². The van der Waals surface area contributed by atoms with E-state index in [1.54, 1.807) is 31.2 Å². The van der Waals surface area contributed by atoms with Gasteiger partial charge in [0.1, 0.15) is 0 Å². The van der Waals surface area contributed by atoms with Gasteiger partial charge in [0.05, 0.1) is 12.4 Å². The molecule has 2 N–H and O–H groups in total. The summed E-state index contributed by atoms with van der Waals surface area (Å²) in [5, 5.41) is 12.7. The molecule has 0 radical (unpaired) electrons. The van der Waals surface area contributed by atoms with Gasteiger partial charge < -0.3 is 9.63 Å². The molecule has 0 saturated heterocycles. The predicted octanol–water partition coefficient (Wildman–Crippen LogP) is 0.532. The Balaban J connectivity index is 1.89. The van der Waals surface area contributed by atoms with Crippen molar-refractivity contribution in [3.05, 3.63) is 47.1 Å². The third-order valence-electron chi connectivity index (χ3n) is 2.77. The predicted molar refractivity (Wildman–Crippen MR) is 75.7 cm³/mol. The Hall–Kier alpha value is -1.77. The molecule has 1 aromatic carbocycles. The third kappa shape index (κ3) is 4.92. The van der Waals surface area contributed by atoms with Crippen LogP contribution in [0.25, 0.3) is 0 Å². The number of nitrogens with one attached hydrogen (secondary N) is 1. The van der Waals surface area contributed by atoms with E-state index >= 15 is 0 Å². The zero-order valence-corrected chi connectivity index (χ0v) is 12.4. The van der Waals surface area contributed by atoms with Gasteiger partial charge in [0, 0.05) is 19.9 Å². The van der Waals surface area contributed by atoms with Crippen LogP contribution >= 0.6 is 0 Å². The van der Waals surface area contributed by atoms with Crippen molar-refractivity contribution in [2.75, 3.05) is 6.54 Å². The SMILES string of the molecule is Cc1nc(CCNS(=O)(=O)Cc2cccc(CO)c2)no1. The molecule has 0 fully saturated rings. The van der Waals surface area contributed by atoms with Gasteiger partial charge in [-0.15, -0.1) is 0 Å². The molecule has 0 aliphatic carbocycles. The van der Waals surface area contributed by atoms with E-state index in [0.717, 1.165) is 0 Å². The van der Waals surface area contributed by atoms with Crippen LogP contribution in [0.1, 0.15) is 22.8 Å². The minimum absolute atomic E-state index is 0.113. The molecule has 0 aliphatic rings. The van der Waals surface area contributed by atoms with Gasteiger partial charge >= 0.3 is 0 Å². The Morgan fingerprint density at radius 1 is 1.33 bits per heavy atom. The van der Waals surface area contributed by atoms with Gasteiger partial charge in [-0.25, -0.2) is 13.1 Å². The van der Waals surface area contributed by atoms with Gasteiger partial charge in [-0.2, -0.15) is 4.98 Å². The third-order valence-corrected chi connectivity index (χ3v) is 4.13. The van der Waals surface area contributed by atoms with E-state index in [0.29, 0.717) is 29.3 Å². The zero-order valence-electron chi connectivity index (χ0n) is 11.6. The molecule has 2 rings (SSSR count). The second kappa shape index (κ2) is 6.79. The quantitative estimate of drug-likeness (QED) is 0.773. The maximum atomic E-state index is 12.0. The number of hydrogen-bond acceptors (Lipinski definition) is 6. The van der Waals surface area contributed by atoms with Crippen molar-refractivity contribution in [2.45, 2.75) is 25.7 Å². The Morgan fingerprint density at radius 3 is 2.76 bits per heavy atom. The highest BCUT2D eigenvalue weighted by Gasteiger charge is 2.12. The molecule has 1 aromatic heterocycles. The molecule has 21 heavy (non-hydrogen) atoms. The van der Waals surface area contributed by atoms with E-state index < -0.39 is 10.0 Å². The second-order valence-electron chi connectivity index (χ2n) is 4.61. The number of nitrogens with zero attached hydrogens (tertiary/aromatic N) is 2. The number of aliphatic hydroxyl groups is 1. The minimum Gasteiger partial charge on any atom is -0.392 e. The van der Waals surface area contributed by atoms with E-state index in [4.69, 9.17) is 9.63 Å². The molecule has 0 amide bonds. The molecule has 2 aromatic rings. The summed E-state index contributed by atoms with van der Waals surface area (Å²) in [5.41, 5.74) is 1.31. The zero-order chi connectivity index (χ0) is 15.3. The smallest absolute Gasteiger partial charge is 0.223 e. The number of aromatic nitrogens is 2. The highest BCUT2D eigenvalue weighted by atomic mass is 32.2. The maximum absolute atomic E-state index is 12.0. The van der Waals surface area contributed by atoms with E-state index in [-0.39, 0.29) is 18.9 Å². The topological polar surface area (TPSA) is 105 Å². The van der Waals surface area contributed by atoms with Crippen molar-refractivity contribution >= 4 is 10.0 Å². The Labute approximate surface area is 123 Å². The lowest BCUT2D eigenvalue weighted by Gasteiger charge is -2.06. The summed E-state index contributed by atoms with van der Waals surface area (Å²) in [5.74, 6) is 0.790. The van der Waals surface area contributed by atoms with Gasteiger partial charge in [0.2, 0.25) is 15.9 Å². The molecule has 114 valence electrons. The average molecular weight is 311 g/mol. The number of benzene rings is 1. The van der Waals surface area contributed by atoms with Crippen molar-refractivity contribution in [1.29, 1.82) is 0 Å². The number of aryl methyl sites for hydroxylation is 1. The molecule has 0 unspecified atom stereocenters. The van der Waals surface area contributed by atoms with Crippen LogP contribution in [-0.4, -0.2) is 30.2 Å². The van der Waals surface area contributed by atoms with E-state index in [1.807, 2.05) is 0 Å². The molecule has 0 atom stereocenters. The molecular weight excluding hydrogens is 294 g/mol. The average Bonchev–Trinajstić information content (AvgIpc) is 2.84. The van der Waals surface area contributed by atoms with Gasteiger partial charge in [-0.3, -0.25) is 0 Å². The number of hydrogen-bond donors (Lipinski definition) is 2. The van der Waals surface area contributed by atoms with Crippen LogP contribution in [0.15, 0.2) is 28.8 Å². The Kier molecular flexibility index (Phi) is 5.05. The van der Waals surface area contributed by atoms with Gasteiger partial charge in [-0.05, 0) is 11.1 Å².